The number of aliphatic imine (C=N–C) groups is 1. The standard InChI is InChI=1S/C28H34F3N5O7/c1-4-43-24(40)11-22(15-5-17(27(2,3)42)9-18(6-15)28(29,30)31)36-23(39)14-32-25(41)16-7-19(10-20(37)8-16)35-26-33-12-21(38)13-34-26/h5-10,21-22,37-38,42H,4,11-14H2,1-3H3,(H,32,41)(H,36,39)(H2,33,34,35)/t22-/m0/s1. The maximum Gasteiger partial charge on any atom is 0.416 e. The number of benzene rings is 2. The van der Waals surface area contributed by atoms with Gasteiger partial charge in [-0.25, -0.2) is 0 Å². The Morgan fingerprint density at radius 3 is 2.42 bits per heavy atom. The quantitative estimate of drug-likeness (QED) is 0.198. The summed E-state index contributed by atoms with van der Waals surface area (Å²) in [5, 5.41) is 40.5. The van der Waals surface area contributed by atoms with E-state index in [4.69, 9.17) is 4.74 Å². The van der Waals surface area contributed by atoms with Gasteiger partial charge in [-0.15, -0.1) is 0 Å². The topological polar surface area (TPSA) is 182 Å². The van der Waals surface area contributed by atoms with Crippen molar-refractivity contribution in [2.24, 2.45) is 4.99 Å². The first-order valence-electron chi connectivity index (χ1n) is 13.3. The van der Waals surface area contributed by atoms with Crippen molar-refractivity contribution in [1.82, 2.24) is 16.0 Å². The van der Waals surface area contributed by atoms with Crippen LogP contribution in [-0.4, -0.2) is 71.4 Å². The van der Waals surface area contributed by atoms with Gasteiger partial charge in [0.2, 0.25) is 5.91 Å². The number of ether oxygens (including phenoxy) is 1. The molecule has 15 heteroatoms. The average molecular weight is 610 g/mol. The van der Waals surface area contributed by atoms with Crippen LogP contribution in [0.4, 0.5) is 18.9 Å². The molecule has 1 aliphatic heterocycles. The summed E-state index contributed by atoms with van der Waals surface area (Å²) >= 11 is 0. The number of aliphatic hydroxyl groups is 2. The van der Waals surface area contributed by atoms with Crippen molar-refractivity contribution >= 4 is 29.4 Å². The lowest BCUT2D eigenvalue weighted by Gasteiger charge is -2.24. The van der Waals surface area contributed by atoms with Gasteiger partial charge < -0.3 is 41.3 Å². The van der Waals surface area contributed by atoms with Gasteiger partial charge in [-0.05, 0) is 56.2 Å². The largest absolute Gasteiger partial charge is 0.508 e. The van der Waals surface area contributed by atoms with Gasteiger partial charge in [0.15, 0.2) is 5.96 Å². The van der Waals surface area contributed by atoms with Crippen molar-refractivity contribution in [2.75, 3.05) is 31.6 Å². The number of aromatic hydroxyl groups is 1. The minimum Gasteiger partial charge on any atom is -0.508 e. The van der Waals surface area contributed by atoms with E-state index in [9.17, 15) is 42.9 Å². The Kier molecular flexibility index (Phi) is 10.6. The lowest BCUT2D eigenvalue weighted by Crippen LogP contribution is -2.42. The Morgan fingerprint density at radius 1 is 1.12 bits per heavy atom. The minimum absolute atomic E-state index is 0.000795. The first-order valence-corrected chi connectivity index (χ1v) is 13.3. The van der Waals surface area contributed by atoms with Crippen molar-refractivity contribution < 1.29 is 47.6 Å². The smallest absolute Gasteiger partial charge is 0.416 e. The summed E-state index contributed by atoms with van der Waals surface area (Å²) in [6.07, 6.45) is -5.94. The second kappa shape index (κ2) is 13.7. The molecule has 43 heavy (non-hydrogen) atoms. The number of carbonyl (C=O) groups excluding carboxylic acids is 3. The number of phenols is 1. The van der Waals surface area contributed by atoms with Gasteiger partial charge in [-0.1, -0.05) is 6.07 Å². The van der Waals surface area contributed by atoms with Crippen LogP contribution in [0.1, 0.15) is 60.3 Å². The number of nitrogens with one attached hydrogen (secondary N) is 4. The number of alkyl halides is 3. The first kappa shape index (κ1) is 33.1. The van der Waals surface area contributed by atoms with Crippen molar-refractivity contribution in [2.45, 2.75) is 51.1 Å². The molecule has 0 saturated carbocycles. The number of hydrogen-bond donors (Lipinski definition) is 7. The summed E-state index contributed by atoms with van der Waals surface area (Å²) in [7, 11) is 0. The Morgan fingerprint density at radius 2 is 1.81 bits per heavy atom. The van der Waals surface area contributed by atoms with E-state index >= 15 is 0 Å². The highest BCUT2D eigenvalue weighted by Gasteiger charge is 2.34. The molecule has 0 radical (unpaired) electrons. The summed E-state index contributed by atoms with van der Waals surface area (Å²) in [4.78, 5) is 42.0. The van der Waals surface area contributed by atoms with Crippen molar-refractivity contribution in [3.63, 3.8) is 0 Å². The number of nitrogens with zero attached hydrogens (tertiary/aromatic N) is 1. The van der Waals surface area contributed by atoms with Gasteiger partial charge in [0, 0.05) is 23.9 Å². The number of hydrogen-bond acceptors (Lipinski definition) is 10. The van der Waals surface area contributed by atoms with E-state index in [1.807, 2.05) is 0 Å². The third kappa shape index (κ3) is 9.85. The van der Waals surface area contributed by atoms with Gasteiger partial charge in [0.05, 0.1) is 49.4 Å². The Hall–Kier alpha value is -4.37. The predicted octanol–water partition coefficient (Wildman–Crippen LogP) is 1.91. The molecule has 1 heterocycles. The number of halogens is 3. The summed E-state index contributed by atoms with van der Waals surface area (Å²) in [6.45, 7) is 3.93. The van der Waals surface area contributed by atoms with Crippen LogP contribution in [0, 0.1) is 0 Å². The van der Waals surface area contributed by atoms with Crippen LogP contribution in [0.2, 0.25) is 0 Å². The Labute approximate surface area is 245 Å². The molecule has 0 saturated heterocycles. The number of guanidine groups is 1. The number of amides is 2. The molecule has 0 aliphatic carbocycles. The molecule has 3 rings (SSSR count). The number of rotatable bonds is 10. The van der Waals surface area contributed by atoms with E-state index in [1.54, 1.807) is 6.92 Å². The van der Waals surface area contributed by atoms with Crippen LogP contribution in [-0.2, 0) is 26.1 Å². The van der Waals surface area contributed by atoms with Gasteiger partial charge in [-0.2, -0.15) is 13.2 Å². The summed E-state index contributed by atoms with van der Waals surface area (Å²) in [6, 6.07) is 5.39. The highest BCUT2D eigenvalue weighted by atomic mass is 19.4. The molecule has 1 unspecified atom stereocenters. The van der Waals surface area contributed by atoms with Gasteiger partial charge in [0.25, 0.3) is 5.91 Å². The number of esters is 1. The van der Waals surface area contributed by atoms with Crippen LogP contribution in [0.5, 0.6) is 5.75 Å². The molecule has 2 aromatic rings. The monoisotopic (exact) mass is 609 g/mol. The van der Waals surface area contributed by atoms with Crippen LogP contribution in [0.15, 0.2) is 41.4 Å². The molecule has 0 bridgehead atoms. The lowest BCUT2D eigenvalue weighted by molar-refractivity contribution is -0.143. The Balaban J connectivity index is 1.77. The summed E-state index contributed by atoms with van der Waals surface area (Å²) < 4.78 is 45.9. The molecule has 2 aromatic carbocycles. The maximum absolute atomic E-state index is 13.7. The lowest BCUT2D eigenvalue weighted by atomic mass is 9.91. The molecule has 2 atom stereocenters. The number of phenolic OH excluding ortho intramolecular Hbond substituents is 1. The minimum atomic E-state index is -4.78. The van der Waals surface area contributed by atoms with E-state index in [2.05, 4.69) is 26.3 Å². The van der Waals surface area contributed by atoms with Crippen LogP contribution in [0.25, 0.3) is 0 Å². The van der Waals surface area contributed by atoms with E-state index in [1.165, 1.54) is 32.0 Å². The summed E-state index contributed by atoms with van der Waals surface area (Å²) in [5.74, 6) is -2.32. The SMILES string of the molecule is CCOC(=O)C[C@H](NC(=O)CNC(=O)c1cc(O)cc(NC2=NCC(O)CN2)c1)c1cc(C(C)(C)O)cc(C(F)(F)F)c1. The third-order valence-electron chi connectivity index (χ3n) is 6.22. The highest BCUT2D eigenvalue weighted by Crippen LogP contribution is 2.35. The van der Waals surface area contributed by atoms with E-state index < -0.39 is 60.2 Å². The molecule has 7 N–H and O–H groups in total. The Bertz CT molecular complexity index is 1340. The average Bonchev–Trinajstić information content (AvgIpc) is 2.91. The van der Waals surface area contributed by atoms with E-state index in [0.717, 1.165) is 18.2 Å². The third-order valence-corrected chi connectivity index (χ3v) is 6.22. The zero-order chi connectivity index (χ0) is 31.9. The van der Waals surface area contributed by atoms with E-state index in [-0.39, 0.29) is 42.1 Å². The van der Waals surface area contributed by atoms with Crippen molar-refractivity contribution in [3.8, 4) is 5.75 Å². The molecule has 0 fully saturated rings. The first-order chi connectivity index (χ1) is 20.0. The molecule has 0 spiro atoms. The molecule has 0 aromatic heterocycles. The molecular weight excluding hydrogens is 575 g/mol. The zero-order valence-electron chi connectivity index (χ0n) is 23.7. The van der Waals surface area contributed by atoms with Gasteiger partial charge in [-0.3, -0.25) is 19.4 Å². The maximum atomic E-state index is 13.7. The predicted molar refractivity (Wildman–Crippen MR) is 149 cm³/mol. The van der Waals surface area contributed by atoms with Crippen molar-refractivity contribution in [3.05, 3.63) is 58.7 Å². The van der Waals surface area contributed by atoms with Crippen LogP contribution in [0.3, 0.4) is 0 Å². The fourth-order valence-electron chi connectivity index (χ4n) is 4.08. The number of anilines is 1. The molecule has 234 valence electrons. The molecule has 2 amide bonds. The second-order valence-corrected chi connectivity index (χ2v) is 10.3. The zero-order valence-corrected chi connectivity index (χ0v) is 23.7. The normalized spacial score (nSPS) is 15.9. The molecule has 12 nitrogen and oxygen atoms in total. The van der Waals surface area contributed by atoms with Crippen molar-refractivity contribution in [1.29, 1.82) is 0 Å². The fourth-order valence-corrected chi connectivity index (χ4v) is 4.08. The van der Waals surface area contributed by atoms with E-state index in [0.29, 0.717) is 11.6 Å². The van der Waals surface area contributed by atoms with Gasteiger partial charge in [0.1, 0.15) is 5.75 Å². The van der Waals surface area contributed by atoms with Gasteiger partial charge >= 0.3 is 12.1 Å². The second-order valence-electron chi connectivity index (χ2n) is 10.3. The molecule has 1 aliphatic rings. The van der Waals surface area contributed by atoms with Crippen LogP contribution >= 0.6 is 0 Å². The van der Waals surface area contributed by atoms with Crippen LogP contribution < -0.4 is 21.3 Å². The summed E-state index contributed by atoms with van der Waals surface area (Å²) in [5.41, 5.74) is -2.68. The number of β-amino-alcohol motifs (C(OH)–C–C–N with tert-alkyl or cyclic N) is 1. The fraction of sp³-hybridized carbons (Fsp3) is 0.429. The highest BCUT2D eigenvalue weighted by molar-refractivity contribution is 6.00. The molecular formula is C28H34F3N5O7. The number of aliphatic hydroxyl groups excluding tert-OH is 1. The number of carbonyl (C=O) groups is 3.